The van der Waals surface area contributed by atoms with E-state index in [1.807, 2.05) is 36.4 Å². The van der Waals surface area contributed by atoms with E-state index in [4.69, 9.17) is 9.66 Å². The number of nitrogens with one attached hydrogen (secondary N) is 3. The summed E-state index contributed by atoms with van der Waals surface area (Å²) in [6.45, 7) is 0.642. The topological polar surface area (TPSA) is 132 Å². The molecule has 0 aliphatic carbocycles. The van der Waals surface area contributed by atoms with E-state index in [1.54, 1.807) is 24.3 Å². The summed E-state index contributed by atoms with van der Waals surface area (Å²) < 4.78 is 23.1. The van der Waals surface area contributed by atoms with Crippen molar-refractivity contribution in [2.24, 2.45) is 4.36 Å². The second-order valence-electron chi connectivity index (χ2n) is 5.95. The van der Waals surface area contributed by atoms with Gasteiger partial charge in [-0.25, -0.2) is 4.98 Å². The Hall–Kier alpha value is -3.21. The SMILES string of the molecule is O=[S-](O)=Nc1ccc(NNc2cc(-c3ccccc3)nc(NCCCO)n2)cc1. The van der Waals surface area contributed by atoms with E-state index in [0.717, 1.165) is 16.9 Å². The minimum Gasteiger partial charge on any atom is -0.454 e. The number of aromatic nitrogens is 2. The predicted octanol–water partition coefficient (Wildman–Crippen LogP) is 3.63. The number of hydrogen-bond acceptors (Lipinski definition) is 9. The molecule has 0 saturated carbocycles. The molecule has 0 saturated heterocycles. The zero-order valence-corrected chi connectivity index (χ0v) is 16.3. The molecule has 3 rings (SSSR count). The van der Waals surface area contributed by atoms with Crippen LogP contribution >= 0.6 is 0 Å². The van der Waals surface area contributed by atoms with Gasteiger partial charge in [-0.15, -0.1) is 0 Å². The van der Waals surface area contributed by atoms with Crippen molar-refractivity contribution in [2.75, 3.05) is 29.3 Å². The van der Waals surface area contributed by atoms with Crippen molar-refractivity contribution in [3.8, 4) is 11.3 Å². The van der Waals surface area contributed by atoms with E-state index in [2.05, 4.69) is 30.5 Å². The van der Waals surface area contributed by atoms with E-state index in [9.17, 15) is 4.21 Å². The summed E-state index contributed by atoms with van der Waals surface area (Å²) in [6.07, 6.45) is 0.593. The van der Waals surface area contributed by atoms with Crippen LogP contribution in [-0.4, -0.2) is 32.8 Å². The number of hydrogen-bond donors (Lipinski definition) is 5. The Morgan fingerprint density at radius 1 is 1.00 bits per heavy atom. The first-order valence-corrected chi connectivity index (χ1v) is 9.94. The fourth-order valence-corrected chi connectivity index (χ4v) is 2.76. The molecule has 0 spiro atoms. The van der Waals surface area contributed by atoms with Crippen molar-refractivity contribution >= 4 is 34.0 Å². The first-order chi connectivity index (χ1) is 14.1. The van der Waals surface area contributed by atoms with Gasteiger partial charge in [-0.3, -0.25) is 10.9 Å². The van der Waals surface area contributed by atoms with Crippen molar-refractivity contribution in [1.29, 1.82) is 0 Å². The Bertz CT molecular complexity index is 1010. The number of aliphatic hydroxyl groups is 1. The third kappa shape index (κ3) is 6.42. The minimum absolute atomic E-state index is 0.0875. The maximum atomic E-state index is 10.7. The first-order valence-electron chi connectivity index (χ1n) is 8.88. The summed E-state index contributed by atoms with van der Waals surface area (Å²) in [4.78, 5) is 8.97. The zero-order valence-electron chi connectivity index (χ0n) is 15.4. The van der Waals surface area contributed by atoms with Gasteiger partial charge < -0.3 is 23.5 Å². The van der Waals surface area contributed by atoms with Gasteiger partial charge in [-0.2, -0.15) is 4.98 Å². The van der Waals surface area contributed by atoms with Crippen LogP contribution in [0.4, 0.5) is 23.1 Å². The first kappa shape index (κ1) is 20.5. The Balaban J connectivity index is 1.77. The Kier molecular flexibility index (Phi) is 7.34. The molecule has 2 aromatic carbocycles. The van der Waals surface area contributed by atoms with Crippen LogP contribution in [0.1, 0.15) is 6.42 Å². The fraction of sp³-hybridized carbons (Fsp3) is 0.158. The van der Waals surface area contributed by atoms with E-state index in [-0.39, 0.29) is 6.61 Å². The normalized spacial score (nSPS) is 11.8. The van der Waals surface area contributed by atoms with Crippen molar-refractivity contribution < 1.29 is 13.9 Å². The maximum absolute atomic E-state index is 10.7. The van der Waals surface area contributed by atoms with Crippen molar-refractivity contribution in [1.82, 2.24) is 9.97 Å². The van der Waals surface area contributed by atoms with Crippen molar-refractivity contribution in [2.45, 2.75) is 6.42 Å². The van der Waals surface area contributed by atoms with Gasteiger partial charge in [0.25, 0.3) is 0 Å². The van der Waals surface area contributed by atoms with Gasteiger partial charge >= 0.3 is 0 Å². The summed E-state index contributed by atoms with van der Waals surface area (Å²) >= 11 is 0. The fourth-order valence-electron chi connectivity index (χ4n) is 2.46. The molecular weight excluding hydrogens is 392 g/mol. The molecule has 0 radical (unpaired) electrons. The molecule has 9 nitrogen and oxygen atoms in total. The van der Waals surface area contributed by atoms with E-state index >= 15 is 0 Å². The van der Waals surface area contributed by atoms with Crippen LogP contribution in [0.25, 0.3) is 11.3 Å². The molecule has 29 heavy (non-hydrogen) atoms. The third-order valence-electron chi connectivity index (χ3n) is 3.80. The number of aliphatic hydroxyl groups excluding tert-OH is 1. The van der Waals surface area contributed by atoms with Gasteiger partial charge in [0.2, 0.25) is 5.95 Å². The van der Waals surface area contributed by atoms with Crippen LogP contribution in [0.5, 0.6) is 0 Å². The summed E-state index contributed by atoms with van der Waals surface area (Å²) in [5.74, 6) is 0.999. The standard InChI is InChI=1S/C19H21N6O3S/c26-12-4-11-20-19-21-17(14-5-2-1-3-6-14)13-18(22-19)24-23-15-7-9-16(10-8-15)25-29(27)28/h1-3,5-10,13,23,26H,4,11-12H2,(H,25,27,28)(H2,20,21,22,24)/q-1. The van der Waals surface area contributed by atoms with Crippen molar-refractivity contribution in [3.63, 3.8) is 0 Å². The molecule has 0 aliphatic heterocycles. The van der Waals surface area contributed by atoms with E-state index < -0.39 is 10.9 Å². The van der Waals surface area contributed by atoms with Crippen LogP contribution in [0, 0.1) is 0 Å². The van der Waals surface area contributed by atoms with E-state index in [0.29, 0.717) is 30.4 Å². The second kappa shape index (κ2) is 10.4. The molecule has 152 valence electrons. The van der Waals surface area contributed by atoms with Crippen LogP contribution in [0.15, 0.2) is 65.0 Å². The quantitative estimate of drug-likeness (QED) is 0.155. The monoisotopic (exact) mass is 413 g/mol. The lowest BCUT2D eigenvalue weighted by Gasteiger charge is -2.13. The molecule has 1 heterocycles. The molecule has 0 bridgehead atoms. The Labute approximate surface area is 170 Å². The third-order valence-corrected chi connectivity index (χ3v) is 4.17. The lowest BCUT2D eigenvalue weighted by molar-refractivity contribution is 0.292. The predicted molar refractivity (Wildman–Crippen MR) is 114 cm³/mol. The molecule has 0 atom stereocenters. The van der Waals surface area contributed by atoms with Crippen molar-refractivity contribution in [3.05, 3.63) is 60.7 Å². The van der Waals surface area contributed by atoms with Gasteiger partial charge in [0.15, 0.2) is 5.82 Å². The molecule has 5 N–H and O–H groups in total. The van der Waals surface area contributed by atoms with Gasteiger partial charge in [-0.1, -0.05) is 41.2 Å². The Morgan fingerprint density at radius 3 is 2.45 bits per heavy atom. The Morgan fingerprint density at radius 2 is 1.76 bits per heavy atom. The highest BCUT2D eigenvalue weighted by atomic mass is 32.2. The highest BCUT2D eigenvalue weighted by molar-refractivity contribution is 7.68. The van der Waals surface area contributed by atoms with Crippen LogP contribution < -0.4 is 16.2 Å². The molecule has 10 heteroatoms. The smallest absolute Gasteiger partial charge is 0.225 e. The van der Waals surface area contributed by atoms with Gasteiger partial charge in [0, 0.05) is 30.5 Å². The summed E-state index contributed by atoms with van der Waals surface area (Å²) in [7, 11) is -2.23. The molecule has 0 fully saturated rings. The second-order valence-corrected chi connectivity index (χ2v) is 6.59. The highest BCUT2D eigenvalue weighted by Gasteiger charge is 2.07. The van der Waals surface area contributed by atoms with Crippen LogP contribution in [0.3, 0.4) is 0 Å². The molecular formula is C19H21N6O3S-. The number of benzene rings is 2. The average Bonchev–Trinajstić information content (AvgIpc) is 2.74. The average molecular weight is 413 g/mol. The highest BCUT2D eigenvalue weighted by Crippen LogP contribution is 2.22. The molecule has 0 unspecified atom stereocenters. The van der Waals surface area contributed by atoms with Crippen LogP contribution in [0.2, 0.25) is 0 Å². The molecule has 1 aromatic heterocycles. The number of anilines is 3. The van der Waals surface area contributed by atoms with Gasteiger partial charge in [-0.05, 0) is 30.7 Å². The number of hydrazine groups is 1. The molecule has 0 amide bonds. The largest absolute Gasteiger partial charge is 0.454 e. The van der Waals surface area contributed by atoms with Crippen LogP contribution in [-0.2, 0) is 15.1 Å². The summed E-state index contributed by atoms with van der Waals surface area (Å²) in [5.41, 5.74) is 8.88. The van der Waals surface area contributed by atoms with Gasteiger partial charge in [0.1, 0.15) is 0 Å². The summed E-state index contributed by atoms with van der Waals surface area (Å²) in [6, 6.07) is 18.2. The van der Waals surface area contributed by atoms with Gasteiger partial charge in [0.05, 0.1) is 11.4 Å². The van der Waals surface area contributed by atoms with E-state index in [1.165, 1.54) is 0 Å². The molecule has 3 aromatic rings. The molecule has 0 aliphatic rings. The summed E-state index contributed by atoms with van der Waals surface area (Å²) in [5, 5.41) is 12.1. The lowest BCUT2D eigenvalue weighted by Crippen LogP contribution is -2.13. The lowest BCUT2D eigenvalue weighted by atomic mass is 10.1. The minimum atomic E-state index is -2.23. The number of nitrogens with zero attached hydrogens (tertiary/aromatic N) is 3. The number of rotatable bonds is 9. The maximum Gasteiger partial charge on any atom is 0.225 e. The zero-order chi connectivity index (χ0) is 20.5.